The molecule has 0 fully saturated rings. The van der Waals surface area contributed by atoms with Crippen LogP contribution in [0.3, 0.4) is 0 Å². The van der Waals surface area contributed by atoms with Gasteiger partial charge in [0.15, 0.2) is 0 Å². The fourth-order valence-corrected chi connectivity index (χ4v) is 2.06. The van der Waals surface area contributed by atoms with Gasteiger partial charge in [0.1, 0.15) is 6.04 Å². The van der Waals surface area contributed by atoms with Gasteiger partial charge < -0.3 is 10.5 Å². The lowest BCUT2D eigenvalue weighted by molar-refractivity contribution is -0.142. The average molecular weight is 317 g/mol. The number of hydrogen-bond donors (Lipinski definition) is 1. The number of nitrogens with zero attached hydrogens (tertiary/aromatic N) is 1. The first-order chi connectivity index (χ1) is 10.1. The van der Waals surface area contributed by atoms with E-state index < -0.39 is 12.0 Å². The summed E-state index contributed by atoms with van der Waals surface area (Å²) >= 11 is 0. The average Bonchev–Trinajstić information content (AvgIpc) is 2.55. The minimum absolute atomic E-state index is 0. The zero-order valence-electron chi connectivity index (χ0n) is 12.2. The minimum atomic E-state index is -0.643. The third-order valence-electron chi connectivity index (χ3n) is 3.26. The van der Waals surface area contributed by atoms with Crippen molar-refractivity contribution < 1.29 is 9.53 Å². The lowest BCUT2D eigenvalue weighted by Crippen LogP contribution is -2.33. The van der Waals surface area contributed by atoms with E-state index in [1.165, 1.54) is 7.11 Å². The molecule has 0 aliphatic carbocycles. The summed E-state index contributed by atoms with van der Waals surface area (Å²) in [4.78, 5) is 11.3. The van der Waals surface area contributed by atoms with Gasteiger partial charge in [0.25, 0.3) is 0 Å². The molecule has 0 spiro atoms. The Morgan fingerprint density at radius 3 is 2.09 bits per heavy atom. The van der Waals surface area contributed by atoms with Crippen molar-refractivity contribution in [1.82, 2.24) is 0 Å². The molecule has 114 valence electrons. The van der Waals surface area contributed by atoms with Gasteiger partial charge >= 0.3 is 5.97 Å². The Hall–Kier alpha value is -2.35. The van der Waals surface area contributed by atoms with Crippen LogP contribution in [0.25, 0.3) is 11.1 Å². The number of ether oxygens (including phenoxy) is 1. The van der Waals surface area contributed by atoms with Crippen LogP contribution < -0.4 is 5.73 Å². The number of nitriles is 1. The number of benzene rings is 2. The predicted molar refractivity (Wildman–Crippen MR) is 87.5 cm³/mol. The van der Waals surface area contributed by atoms with Gasteiger partial charge in [0.2, 0.25) is 0 Å². The largest absolute Gasteiger partial charge is 0.468 e. The molecule has 0 amide bonds. The van der Waals surface area contributed by atoms with Crippen LogP contribution in [0.5, 0.6) is 0 Å². The van der Waals surface area contributed by atoms with Crippen molar-refractivity contribution in [3.63, 3.8) is 0 Å². The maximum Gasteiger partial charge on any atom is 0.322 e. The first kappa shape index (κ1) is 17.7. The smallest absolute Gasteiger partial charge is 0.322 e. The molecule has 5 heteroatoms. The molecule has 0 aliphatic heterocycles. The molecule has 0 saturated carbocycles. The standard InChI is InChI=1S/C17H16N2O2.ClH/c1-21-17(20)16(19)10-12-2-6-14(7-3-12)15-8-4-13(11-18)5-9-15;/h2-9,16H,10,19H2,1H3;1H. The van der Waals surface area contributed by atoms with Crippen molar-refractivity contribution in [2.45, 2.75) is 12.5 Å². The normalized spacial score (nSPS) is 11.0. The molecule has 4 nitrogen and oxygen atoms in total. The number of hydrogen-bond acceptors (Lipinski definition) is 4. The Kier molecular flexibility index (Phi) is 6.58. The maximum absolute atomic E-state index is 11.3. The van der Waals surface area contributed by atoms with Crippen LogP contribution in [0.2, 0.25) is 0 Å². The topological polar surface area (TPSA) is 76.1 Å². The molecule has 2 aromatic carbocycles. The van der Waals surface area contributed by atoms with Crippen LogP contribution in [-0.4, -0.2) is 19.1 Å². The van der Waals surface area contributed by atoms with Gasteiger partial charge in [-0.2, -0.15) is 5.26 Å². The van der Waals surface area contributed by atoms with Crippen LogP contribution in [0.4, 0.5) is 0 Å². The number of carbonyl (C=O) groups is 1. The Labute approximate surface area is 135 Å². The number of methoxy groups -OCH3 is 1. The number of carbonyl (C=O) groups excluding carboxylic acids is 1. The molecule has 0 saturated heterocycles. The summed E-state index contributed by atoms with van der Waals surface area (Å²) in [5.74, 6) is -0.411. The van der Waals surface area contributed by atoms with Gasteiger partial charge in [0, 0.05) is 0 Å². The summed E-state index contributed by atoms with van der Waals surface area (Å²) in [6.07, 6.45) is 0.445. The van der Waals surface area contributed by atoms with E-state index in [0.29, 0.717) is 12.0 Å². The highest BCUT2D eigenvalue weighted by Crippen LogP contribution is 2.20. The van der Waals surface area contributed by atoms with E-state index in [4.69, 9.17) is 11.0 Å². The first-order valence-corrected chi connectivity index (χ1v) is 6.57. The molecule has 22 heavy (non-hydrogen) atoms. The lowest BCUT2D eigenvalue weighted by atomic mass is 10.0. The first-order valence-electron chi connectivity index (χ1n) is 6.57. The fraction of sp³-hybridized carbons (Fsp3) is 0.176. The molecule has 1 unspecified atom stereocenters. The molecule has 1 atom stereocenters. The highest BCUT2D eigenvalue weighted by Gasteiger charge is 2.13. The number of nitrogens with two attached hydrogens (primary N) is 1. The molecular weight excluding hydrogens is 300 g/mol. The Balaban J connectivity index is 0.00000242. The molecule has 0 bridgehead atoms. The number of rotatable bonds is 4. The van der Waals surface area contributed by atoms with Crippen molar-refractivity contribution in [3.05, 3.63) is 59.7 Å². The third kappa shape index (κ3) is 4.32. The number of halogens is 1. The summed E-state index contributed by atoms with van der Waals surface area (Å²) < 4.78 is 4.61. The van der Waals surface area contributed by atoms with Gasteiger partial charge in [0.05, 0.1) is 18.7 Å². The van der Waals surface area contributed by atoms with Crippen molar-refractivity contribution in [3.8, 4) is 17.2 Å². The molecule has 0 aliphatic rings. The predicted octanol–water partition coefficient (Wildman–Crippen LogP) is 2.69. The quantitative estimate of drug-likeness (QED) is 0.880. The van der Waals surface area contributed by atoms with Crippen molar-refractivity contribution >= 4 is 18.4 Å². The number of esters is 1. The van der Waals surface area contributed by atoms with Gasteiger partial charge in [-0.15, -0.1) is 12.4 Å². The molecule has 0 radical (unpaired) electrons. The summed E-state index contributed by atoms with van der Waals surface area (Å²) in [7, 11) is 1.33. The van der Waals surface area contributed by atoms with E-state index in [-0.39, 0.29) is 12.4 Å². The van der Waals surface area contributed by atoms with Gasteiger partial charge in [-0.1, -0.05) is 36.4 Å². The molecular formula is C17H17ClN2O2. The highest BCUT2D eigenvalue weighted by atomic mass is 35.5. The van der Waals surface area contributed by atoms with Crippen LogP contribution in [0.1, 0.15) is 11.1 Å². The van der Waals surface area contributed by atoms with E-state index in [1.54, 1.807) is 12.1 Å². The third-order valence-corrected chi connectivity index (χ3v) is 3.26. The maximum atomic E-state index is 11.3. The summed E-state index contributed by atoms with van der Waals surface area (Å²) in [5, 5.41) is 8.78. The zero-order valence-corrected chi connectivity index (χ0v) is 13.0. The van der Waals surface area contributed by atoms with Crippen molar-refractivity contribution in [2.75, 3.05) is 7.11 Å². The van der Waals surface area contributed by atoms with Crippen LogP contribution in [-0.2, 0) is 16.0 Å². The second-order valence-electron chi connectivity index (χ2n) is 4.72. The SMILES string of the molecule is COC(=O)C(N)Cc1ccc(-c2ccc(C#N)cc2)cc1.Cl. The van der Waals surface area contributed by atoms with E-state index in [1.807, 2.05) is 36.4 Å². The van der Waals surface area contributed by atoms with Crippen LogP contribution in [0, 0.1) is 11.3 Å². The van der Waals surface area contributed by atoms with Crippen LogP contribution >= 0.6 is 12.4 Å². The Bertz CT molecular complexity index is 661. The van der Waals surface area contributed by atoms with Crippen LogP contribution in [0.15, 0.2) is 48.5 Å². The molecule has 2 aromatic rings. The van der Waals surface area contributed by atoms with E-state index in [9.17, 15) is 4.79 Å². The molecule has 2 N–H and O–H groups in total. The fourth-order valence-electron chi connectivity index (χ4n) is 2.06. The second kappa shape index (κ2) is 8.18. The van der Waals surface area contributed by atoms with E-state index >= 15 is 0 Å². The van der Waals surface area contributed by atoms with Gasteiger partial charge in [-0.3, -0.25) is 4.79 Å². The molecule has 2 rings (SSSR count). The molecule has 0 heterocycles. The van der Waals surface area contributed by atoms with Crippen molar-refractivity contribution in [2.24, 2.45) is 5.73 Å². The summed E-state index contributed by atoms with van der Waals surface area (Å²) in [5.41, 5.74) is 9.44. The second-order valence-corrected chi connectivity index (χ2v) is 4.72. The van der Waals surface area contributed by atoms with Gasteiger partial charge in [-0.05, 0) is 35.2 Å². The Morgan fingerprint density at radius 2 is 1.64 bits per heavy atom. The highest BCUT2D eigenvalue weighted by molar-refractivity contribution is 5.85. The van der Waals surface area contributed by atoms with E-state index in [0.717, 1.165) is 16.7 Å². The minimum Gasteiger partial charge on any atom is -0.468 e. The summed E-state index contributed by atoms with van der Waals surface area (Å²) in [6.45, 7) is 0. The Morgan fingerprint density at radius 1 is 1.14 bits per heavy atom. The van der Waals surface area contributed by atoms with E-state index in [2.05, 4.69) is 10.8 Å². The lowest BCUT2D eigenvalue weighted by Gasteiger charge is -2.10. The molecule has 0 aromatic heterocycles. The van der Waals surface area contributed by atoms with Gasteiger partial charge in [-0.25, -0.2) is 0 Å². The van der Waals surface area contributed by atoms with Crippen molar-refractivity contribution in [1.29, 1.82) is 5.26 Å². The zero-order chi connectivity index (χ0) is 15.2. The summed E-state index contributed by atoms with van der Waals surface area (Å²) in [6, 6.07) is 16.7. The monoisotopic (exact) mass is 316 g/mol.